The summed E-state index contributed by atoms with van der Waals surface area (Å²) in [4.78, 5) is 12.8. The van der Waals surface area contributed by atoms with Gasteiger partial charge in [-0.15, -0.1) is 0 Å². The number of sulfonamides is 1. The van der Waals surface area contributed by atoms with Crippen LogP contribution in [-0.4, -0.2) is 20.9 Å². The van der Waals surface area contributed by atoms with Gasteiger partial charge in [-0.25, -0.2) is 8.42 Å². The first kappa shape index (κ1) is 25.3. The summed E-state index contributed by atoms with van der Waals surface area (Å²) in [5.41, 5.74) is 0.595. The first-order chi connectivity index (χ1) is 15.9. The second kappa shape index (κ2) is 9.89. The Kier molecular flexibility index (Phi) is 7.35. The van der Waals surface area contributed by atoms with Crippen molar-refractivity contribution < 1.29 is 26.4 Å². The van der Waals surface area contributed by atoms with Crippen molar-refractivity contribution in [3.8, 4) is 0 Å². The molecule has 0 bridgehead atoms. The number of hydrogen-bond acceptors (Lipinski definition) is 3. The molecule has 0 unspecified atom stereocenters. The molecule has 0 heterocycles. The van der Waals surface area contributed by atoms with Crippen LogP contribution < -0.4 is 9.62 Å². The standard InChI is InChI=1S/C25H25F3N2O3S/c1-17(2)19-10-12-20(13-11-19)30(34(32,33)21-14-8-18(3)9-15-21)16-24(31)29-23-7-5-4-6-22(23)25(26,27)28/h4-15,17H,16H2,1-3H3,(H,29,31). The minimum absolute atomic E-state index is 0.0328. The van der Waals surface area contributed by atoms with Crippen LogP contribution in [0.5, 0.6) is 0 Å². The van der Waals surface area contributed by atoms with E-state index in [2.05, 4.69) is 5.32 Å². The average molecular weight is 491 g/mol. The molecule has 1 amide bonds. The molecular weight excluding hydrogens is 465 g/mol. The van der Waals surface area contributed by atoms with Crippen LogP contribution in [0.3, 0.4) is 0 Å². The molecule has 5 nitrogen and oxygen atoms in total. The normalized spacial score (nSPS) is 12.0. The summed E-state index contributed by atoms with van der Waals surface area (Å²) in [7, 11) is -4.18. The molecule has 9 heteroatoms. The SMILES string of the molecule is Cc1ccc(S(=O)(=O)N(CC(=O)Nc2ccccc2C(F)(F)F)c2ccc(C(C)C)cc2)cc1. The summed E-state index contributed by atoms with van der Waals surface area (Å²) >= 11 is 0. The lowest BCUT2D eigenvalue weighted by Crippen LogP contribution is -2.38. The number of alkyl halides is 3. The fraction of sp³-hybridized carbons (Fsp3) is 0.240. The van der Waals surface area contributed by atoms with E-state index in [4.69, 9.17) is 0 Å². The largest absolute Gasteiger partial charge is 0.418 e. The van der Waals surface area contributed by atoms with Gasteiger partial charge in [0.05, 0.1) is 21.8 Å². The Labute approximate surface area is 197 Å². The van der Waals surface area contributed by atoms with E-state index >= 15 is 0 Å². The topological polar surface area (TPSA) is 66.5 Å². The molecule has 0 aliphatic heterocycles. The van der Waals surface area contributed by atoms with Gasteiger partial charge in [-0.1, -0.05) is 55.8 Å². The summed E-state index contributed by atoms with van der Waals surface area (Å²) in [5.74, 6) is -0.696. The third-order valence-electron chi connectivity index (χ3n) is 5.25. The molecule has 3 rings (SSSR count). The number of rotatable bonds is 7. The summed E-state index contributed by atoms with van der Waals surface area (Å²) in [6.45, 7) is 5.08. The number of hydrogen-bond donors (Lipinski definition) is 1. The molecule has 0 saturated carbocycles. The Bertz CT molecular complexity index is 1250. The number of benzene rings is 3. The molecule has 0 saturated heterocycles. The van der Waals surface area contributed by atoms with Gasteiger partial charge in [0.2, 0.25) is 5.91 Å². The first-order valence-corrected chi connectivity index (χ1v) is 12.0. The molecule has 1 N–H and O–H groups in total. The van der Waals surface area contributed by atoms with E-state index in [9.17, 15) is 26.4 Å². The Hall–Kier alpha value is -3.33. The van der Waals surface area contributed by atoms with Gasteiger partial charge in [0.15, 0.2) is 0 Å². The predicted octanol–water partition coefficient (Wildman–Crippen LogP) is 5.97. The highest BCUT2D eigenvalue weighted by atomic mass is 32.2. The minimum atomic E-state index is -4.68. The van der Waals surface area contributed by atoms with Crippen LogP contribution in [-0.2, 0) is 21.0 Å². The second-order valence-electron chi connectivity index (χ2n) is 8.16. The third kappa shape index (κ3) is 5.77. The number of carbonyl (C=O) groups is 1. The highest BCUT2D eigenvalue weighted by Gasteiger charge is 2.34. The molecule has 3 aromatic carbocycles. The van der Waals surface area contributed by atoms with Gasteiger partial charge in [0.1, 0.15) is 6.54 Å². The van der Waals surface area contributed by atoms with Gasteiger partial charge in [-0.2, -0.15) is 13.2 Å². The van der Waals surface area contributed by atoms with E-state index in [0.29, 0.717) is 0 Å². The Morgan fingerprint density at radius 1 is 0.941 bits per heavy atom. The van der Waals surface area contributed by atoms with Crippen molar-refractivity contribution in [1.29, 1.82) is 0 Å². The molecule has 0 aliphatic carbocycles. The van der Waals surface area contributed by atoms with E-state index in [1.54, 1.807) is 36.4 Å². The van der Waals surface area contributed by atoms with Crippen LogP contribution in [0.15, 0.2) is 77.7 Å². The maximum absolute atomic E-state index is 13.4. The Morgan fingerprint density at radius 3 is 2.09 bits per heavy atom. The van der Waals surface area contributed by atoms with Crippen LogP contribution in [0, 0.1) is 6.92 Å². The van der Waals surface area contributed by atoms with Crippen LogP contribution in [0.4, 0.5) is 24.5 Å². The zero-order valence-corrected chi connectivity index (χ0v) is 19.7. The van der Waals surface area contributed by atoms with Gasteiger partial charge < -0.3 is 5.32 Å². The van der Waals surface area contributed by atoms with Crippen molar-refractivity contribution in [3.63, 3.8) is 0 Å². The van der Waals surface area contributed by atoms with Crippen LogP contribution in [0.1, 0.15) is 36.5 Å². The van der Waals surface area contributed by atoms with Crippen LogP contribution in [0.25, 0.3) is 0 Å². The van der Waals surface area contributed by atoms with Crippen LogP contribution >= 0.6 is 0 Å². The van der Waals surface area contributed by atoms with Gasteiger partial charge in [0.25, 0.3) is 10.0 Å². The van der Waals surface area contributed by atoms with E-state index in [1.807, 2.05) is 20.8 Å². The number of carbonyl (C=O) groups excluding carboxylic acids is 1. The van der Waals surface area contributed by atoms with Crippen molar-refractivity contribution in [2.24, 2.45) is 0 Å². The van der Waals surface area contributed by atoms with Crippen molar-refractivity contribution >= 4 is 27.3 Å². The highest BCUT2D eigenvalue weighted by Crippen LogP contribution is 2.34. The van der Waals surface area contributed by atoms with Crippen LogP contribution in [0.2, 0.25) is 0 Å². The summed E-state index contributed by atoms with van der Waals surface area (Å²) < 4.78 is 67.7. The number of anilines is 2. The van der Waals surface area contributed by atoms with Gasteiger partial charge in [-0.3, -0.25) is 9.10 Å². The molecule has 34 heavy (non-hydrogen) atoms. The van der Waals surface area contributed by atoms with E-state index in [0.717, 1.165) is 27.6 Å². The number of nitrogens with zero attached hydrogens (tertiary/aromatic N) is 1. The molecule has 3 aromatic rings. The fourth-order valence-electron chi connectivity index (χ4n) is 3.34. The summed E-state index contributed by atoms with van der Waals surface area (Å²) in [6.07, 6.45) is -4.68. The number of para-hydroxylation sites is 1. The van der Waals surface area contributed by atoms with Crippen molar-refractivity contribution in [2.75, 3.05) is 16.2 Å². The molecule has 0 fully saturated rings. The van der Waals surface area contributed by atoms with Crippen molar-refractivity contribution in [3.05, 3.63) is 89.5 Å². The van der Waals surface area contributed by atoms with E-state index in [1.165, 1.54) is 24.3 Å². The summed E-state index contributed by atoms with van der Waals surface area (Å²) in [5, 5.41) is 2.21. The van der Waals surface area contributed by atoms with E-state index in [-0.39, 0.29) is 16.5 Å². The van der Waals surface area contributed by atoms with Gasteiger partial charge in [0, 0.05) is 0 Å². The number of amides is 1. The second-order valence-corrected chi connectivity index (χ2v) is 10.0. The average Bonchev–Trinajstić information content (AvgIpc) is 2.77. The molecule has 0 aromatic heterocycles. The zero-order valence-electron chi connectivity index (χ0n) is 18.9. The lowest BCUT2D eigenvalue weighted by Gasteiger charge is -2.25. The Morgan fingerprint density at radius 2 is 1.53 bits per heavy atom. The Balaban J connectivity index is 1.98. The lowest BCUT2D eigenvalue weighted by molar-refractivity contribution is -0.137. The smallest absolute Gasteiger partial charge is 0.324 e. The monoisotopic (exact) mass is 490 g/mol. The number of aryl methyl sites for hydroxylation is 1. The molecular formula is C25H25F3N2O3S. The fourth-order valence-corrected chi connectivity index (χ4v) is 4.76. The molecule has 0 spiro atoms. The summed E-state index contributed by atoms with van der Waals surface area (Å²) in [6, 6.07) is 17.3. The first-order valence-electron chi connectivity index (χ1n) is 10.5. The molecule has 0 radical (unpaired) electrons. The number of halogens is 3. The maximum atomic E-state index is 13.4. The quantitative estimate of drug-likeness (QED) is 0.444. The molecule has 0 atom stereocenters. The maximum Gasteiger partial charge on any atom is 0.418 e. The predicted molar refractivity (Wildman–Crippen MR) is 126 cm³/mol. The van der Waals surface area contributed by atoms with Crippen molar-refractivity contribution in [2.45, 2.75) is 37.8 Å². The minimum Gasteiger partial charge on any atom is -0.324 e. The number of nitrogens with one attached hydrogen (secondary N) is 1. The third-order valence-corrected chi connectivity index (χ3v) is 7.04. The van der Waals surface area contributed by atoms with Crippen molar-refractivity contribution in [1.82, 2.24) is 0 Å². The van der Waals surface area contributed by atoms with E-state index < -0.39 is 39.9 Å². The zero-order chi connectivity index (χ0) is 25.1. The highest BCUT2D eigenvalue weighted by molar-refractivity contribution is 7.92. The van der Waals surface area contributed by atoms with Gasteiger partial charge in [-0.05, 0) is 54.8 Å². The lowest BCUT2D eigenvalue weighted by atomic mass is 10.0. The molecule has 0 aliphatic rings. The molecule has 180 valence electrons. The van der Waals surface area contributed by atoms with Gasteiger partial charge >= 0.3 is 6.18 Å².